The number of imidazole rings is 1. The zero-order valence-corrected chi connectivity index (χ0v) is 15.0. The van der Waals surface area contributed by atoms with Gasteiger partial charge in [0.1, 0.15) is 5.01 Å². The topological polar surface area (TPSA) is 76.4 Å². The van der Waals surface area contributed by atoms with E-state index in [9.17, 15) is 8.42 Å². The molecule has 0 aliphatic heterocycles. The van der Waals surface area contributed by atoms with Gasteiger partial charge in [-0.2, -0.15) is 18.0 Å². The summed E-state index contributed by atoms with van der Waals surface area (Å²) in [5.74, 6) is 0. The van der Waals surface area contributed by atoms with Crippen molar-refractivity contribution >= 4 is 32.0 Å². The van der Waals surface area contributed by atoms with Crippen molar-refractivity contribution in [1.82, 2.24) is 14.6 Å². The second kappa shape index (κ2) is 5.61. The average molecular weight is 350 g/mol. The first-order valence-electron chi connectivity index (χ1n) is 7.26. The summed E-state index contributed by atoms with van der Waals surface area (Å²) in [5.41, 5.74) is 3.08. The molecule has 23 heavy (non-hydrogen) atoms. The Balaban J connectivity index is 2.12. The Morgan fingerprint density at radius 3 is 2.43 bits per heavy atom. The van der Waals surface area contributed by atoms with Gasteiger partial charge < -0.3 is 0 Å². The summed E-state index contributed by atoms with van der Waals surface area (Å²) in [4.78, 5) is 4.99. The number of sulfonamides is 1. The zero-order chi connectivity index (χ0) is 16.8. The van der Waals surface area contributed by atoms with E-state index in [1.54, 1.807) is 12.1 Å². The monoisotopic (exact) mass is 350 g/mol. The highest BCUT2D eigenvalue weighted by Gasteiger charge is 2.26. The van der Waals surface area contributed by atoms with E-state index >= 15 is 0 Å². The summed E-state index contributed by atoms with van der Waals surface area (Å²) in [6.45, 7) is 7.58. The van der Waals surface area contributed by atoms with E-state index in [-0.39, 0.29) is 5.03 Å². The van der Waals surface area contributed by atoms with Gasteiger partial charge in [-0.1, -0.05) is 24.3 Å². The highest BCUT2D eigenvalue weighted by atomic mass is 32.2. The average Bonchev–Trinajstić information content (AvgIpc) is 2.91. The molecule has 2 heterocycles. The second-order valence-corrected chi connectivity index (χ2v) is 8.27. The molecule has 0 saturated carbocycles. The van der Waals surface area contributed by atoms with Crippen LogP contribution in [0.25, 0.3) is 4.96 Å². The predicted octanol–water partition coefficient (Wildman–Crippen LogP) is 3.08. The Hall–Kier alpha value is -1.93. The number of aromatic nitrogens is 3. The highest BCUT2D eigenvalue weighted by molar-refractivity contribution is 7.92. The molecule has 122 valence electrons. The van der Waals surface area contributed by atoms with Crippen molar-refractivity contribution in [2.75, 3.05) is 4.72 Å². The van der Waals surface area contributed by atoms with Crippen molar-refractivity contribution in [2.24, 2.45) is 0 Å². The standard InChI is InChI=1S/C15H18N4O2S2/c1-5-13-14(19-15(16-13)22-11(4)17-19)23(20,21)18-12-7-9(2)6-10(3)8-12/h6-8,18H,5H2,1-4H3. The van der Waals surface area contributed by atoms with Crippen LogP contribution in [0.2, 0.25) is 0 Å². The van der Waals surface area contributed by atoms with Crippen LogP contribution < -0.4 is 4.72 Å². The first-order chi connectivity index (χ1) is 10.8. The lowest BCUT2D eigenvalue weighted by Gasteiger charge is -2.10. The van der Waals surface area contributed by atoms with Gasteiger partial charge in [0, 0.05) is 5.69 Å². The fraction of sp³-hybridized carbons (Fsp3) is 0.333. The van der Waals surface area contributed by atoms with E-state index in [1.165, 1.54) is 15.9 Å². The van der Waals surface area contributed by atoms with Crippen molar-refractivity contribution in [3.05, 3.63) is 40.0 Å². The van der Waals surface area contributed by atoms with Gasteiger partial charge in [0.2, 0.25) is 9.99 Å². The van der Waals surface area contributed by atoms with Crippen LogP contribution in [0.1, 0.15) is 28.8 Å². The SMILES string of the molecule is CCc1nc2sc(C)nn2c1S(=O)(=O)Nc1cc(C)cc(C)c1. The van der Waals surface area contributed by atoms with E-state index in [0.29, 0.717) is 22.8 Å². The molecular weight excluding hydrogens is 332 g/mol. The summed E-state index contributed by atoms with van der Waals surface area (Å²) >= 11 is 1.38. The van der Waals surface area contributed by atoms with Crippen LogP contribution in [-0.2, 0) is 16.4 Å². The molecule has 0 aliphatic rings. The highest BCUT2D eigenvalue weighted by Crippen LogP contribution is 2.25. The molecule has 0 saturated heterocycles. The molecule has 0 unspecified atom stereocenters. The van der Waals surface area contributed by atoms with E-state index in [2.05, 4.69) is 14.8 Å². The lowest BCUT2D eigenvalue weighted by atomic mass is 10.1. The first-order valence-corrected chi connectivity index (χ1v) is 9.56. The van der Waals surface area contributed by atoms with Gasteiger partial charge in [-0.3, -0.25) is 4.72 Å². The number of aryl methyl sites for hydroxylation is 4. The van der Waals surface area contributed by atoms with Crippen LogP contribution in [0.3, 0.4) is 0 Å². The molecule has 3 aromatic rings. The van der Waals surface area contributed by atoms with Gasteiger partial charge in [0.25, 0.3) is 10.0 Å². The minimum absolute atomic E-state index is 0.124. The maximum atomic E-state index is 12.9. The molecule has 0 aliphatic carbocycles. The predicted molar refractivity (Wildman–Crippen MR) is 91.7 cm³/mol. The van der Waals surface area contributed by atoms with Gasteiger partial charge in [-0.25, -0.2) is 4.98 Å². The van der Waals surface area contributed by atoms with Crippen LogP contribution in [-0.4, -0.2) is 23.0 Å². The van der Waals surface area contributed by atoms with Crippen LogP contribution in [0.15, 0.2) is 23.2 Å². The largest absolute Gasteiger partial charge is 0.281 e. The van der Waals surface area contributed by atoms with E-state index in [1.807, 2.05) is 33.8 Å². The number of fused-ring (bicyclic) bond motifs is 1. The van der Waals surface area contributed by atoms with Crippen molar-refractivity contribution in [3.63, 3.8) is 0 Å². The Kier molecular flexibility index (Phi) is 3.89. The molecule has 0 atom stereocenters. The fourth-order valence-electron chi connectivity index (χ4n) is 2.60. The minimum atomic E-state index is -3.76. The van der Waals surface area contributed by atoms with Gasteiger partial charge in [-0.05, 0) is 50.5 Å². The lowest BCUT2D eigenvalue weighted by molar-refractivity contribution is 0.591. The van der Waals surface area contributed by atoms with Crippen LogP contribution in [0.4, 0.5) is 5.69 Å². The molecule has 0 bridgehead atoms. The molecule has 0 amide bonds. The third-order valence-corrected chi connectivity index (χ3v) is 5.64. The molecule has 0 radical (unpaired) electrons. The van der Waals surface area contributed by atoms with Crippen LogP contribution in [0, 0.1) is 20.8 Å². The van der Waals surface area contributed by atoms with Crippen molar-refractivity contribution in [3.8, 4) is 0 Å². The maximum absolute atomic E-state index is 12.9. The maximum Gasteiger partial charge on any atom is 0.281 e. The normalized spacial score (nSPS) is 12.0. The Morgan fingerprint density at radius 2 is 1.83 bits per heavy atom. The molecule has 2 aromatic heterocycles. The van der Waals surface area contributed by atoms with Crippen LogP contribution in [0.5, 0.6) is 0 Å². The number of hydrogen-bond donors (Lipinski definition) is 1. The molecule has 1 N–H and O–H groups in total. The smallest absolute Gasteiger partial charge is 0.278 e. The molecule has 8 heteroatoms. The molecule has 0 fully saturated rings. The van der Waals surface area contributed by atoms with Gasteiger partial charge in [0.15, 0.2) is 0 Å². The minimum Gasteiger partial charge on any atom is -0.278 e. The number of benzene rings is 1. The second-order valence-electron chi connectivity index (χ2n) is 5.51. The molecule has 3 rings (SSSR count). The number of nitrogens with one attached hydrogen (secondary N) is 1. The number of rotatable bonds is 4. The van der Waals surface area contributed by atoms with Gasteiger partial charge in [0.05, 0.1) is 5.69 Å². The summed E-state index contributed by atoms with van der Waals surface area (Å²) in [7, 11) is -3.76. The van der Waals surface area contributed by atoms with Gasteiger partial charge in [-0.15, -0.1) is 0 Å². The Morgan fingerprint density at radius 1 is 1.17 bits per heavy atom. The van der Waals surface area contributed by atoms with Crippen molar-refractivity contribution in [1.29, 1.82) is 0 Å². The Labute approximate surface area is 139 Å². The van der Waals surface area contributed by atoms with Gasteiger partial charge >= 0.3 is 0 Å². The molecule has 6 nitrogen and oxygen atoms in total. The summed E-state index contributed by atoms with van der Waals surface area (Å²) in [5, 5.41) is 5.18. The molecule has 1 aromatic carbocycles. The van der Waals surface area contributed by atoms with Crippen molar-refractivity contribution < 1.29 is 8.42 Å². The Bertz CT molecular complexity index is 966. The molecular formula is C15H18N4O2S2. The quantitative estimate of drug-likeness (QED) is 0.784. The first kappa shape index (κ1) is 15.9. The number of hydrogen-bond acceptors (Lipinski definition) is 5. The fourth-order valence-corrected chi connectivity index (χ4v) is 4.80. The third kappa shape index (κ3) is 2.96. The van der Waals surface area contributed by atoms with E-state index < -0.39 is 10.0 Å². The van der Waals surface area contributed by atoms with E-state index in [4.69, 9.17) is 0 Å². The number of nitrogens with zero attached hydrogens (tertiary/aromatic N) is 3. The van der Waals surface area contributed by atoms with Crippen LogP contribution >= 0.6 is 11.3 Å². The van der Waals surface area contributed by atoms with E-state index in [0.717, 1.165) is 16.1 Å². The summed E-state index contributed by atoms with van der Waals surface area (Å²) < 4.78 is 29.8. The lowest BCUT2D eigenvalue weighted by Crippen LogP contribution is -2.17. The summed E-state index contributed by atoms with van der Waals surface area (Å²) in [6, 6.07) is 5.61. The summed E-state index contributed by atoms with van der Waals surface area (Å²) in [6.07, 6.45) is 0.526. The number of anilines is 1. The van der Waals surface area contributed by atoms with Crippen molar-refractivity contribution in [2.45, 2.75) is 39.1 Å². The zero-order valence-electron chi connectivity index (χ0n) is 13.4. The molecule has 0 spiro atoms. The third-order valence-electron chi connectivity index (χ3n) is 3.39.